The molecule has 2 nitrogen and oxygen atoms in total. The molecular weight excluding hydrogens is 233 g/mol. The van der Waals surface area contributed by atoms with Gasteiger partial charge in [0.1, 0.15) is 5.83 Å². The summed E-state index contributed by atoms with van der Waals surface area (Å²) in [6, 6.07) is 0. The summed E-state index contributed by atoms with van der Waals surface area (Å²) in [5, 5.41) is 1.91. The molecule has 0 spiro atoms. The molecule has 1 aliphatic rings. The molecule has 0 aromatic rings. The molecule has 16 heavy (non-hydrogen) atoms. The van der Waals surface area contributed by atoms with Gasteiger partial charge in [-0.25, -0.2) is 8.78 Å². The Bertz CT molecular complexity index is 371. The minimum absolute atomic E-state index is 0.164. The standard InChI is InChI=1S/C9H8F5NO/c1-5(16)15-7-2-6(10)3-8(11,4-7)9(12,13)14/h2,4H,3H2,1H3,(H,15,16). The molecule has 0 heterocycles. The summed E-state index contributed by atoms with van der Waals surface area (Å²) in [6.07, 6.45) is -5.80. The predicted molar refractivity (Wildman–Crippen MR) is 45.6 cm³/mol. The molecule has 0 aromatic carbocycles. The lowest BCUT2D eigenvalue weighted by Gasteiger charge is -2.27. The summed E-state index contributed by atoms with van der Waals surface area (Å²) in [5.74, 6) is -1.98. The number of amides is 1. The first-order valence-electron chi connectivity index (χ1n) is 4.26. The minimum Gasteiger partial charge on any atom is -0.326 e. The summed E-state index contributed by atoms with van der Waals surface area (Å²) in [5.41, 5.74) is -4.31. The van der Waals surface area contributed by atoms with Crippen LogP contribution in [0.3, 0.4) is 0 Å². The maximum absolute atomic E-state index is 13.4. The van der Waals surface area contributed by atoms with Crippen molar-refractivity contribution in [3.05, 3.63) is 23.7 Å². The lowest BCUT2D eigenvalue weighted by molar-refractivity contribution is -0.213. The first-order valence-corrected chi connectivity index (χ1v) is 4.26. The number of hydrogen-bond donors (Lipinski definition) is 1. The van der Waals surface area contributed by atoms with E-state index in [0.29, 0.717) is 6.08 Å². The molecule has 1 N–H and O–H groups in total. The van der Waals surface area contributed by atoms with Gasteiger partial charge in [-0.05, 0) is 12.2 Å². The third-order valence-electron chi connectivity index (χ3n) is 1.91. The van der Waals surface area contributed by atoms with Crippen LogP contribution in [0.1, 0.15) is 13.3 Å². The van der Waals surface area contributed by atoms with E-state index in [-0.39, 0.29) is 6.08 Å². The average molecular weight is 241 g/mol. The summed E-state index contributed by atoms with van der Waals surface area (Å²) in [7, 11) is 0. The Labute approximate surface area is 87.8 Å². The van der Waals surface area contributed by atoms with Crippen LogP contribution >= 0.6 is 0 Å². The smallest absolute Gasteiger partial charge is 0.326 e. The van der Waals surface area contributed by atoms with E-state index in [0.717, 1.165) is 6.92 Å². The number of carbonyl (C=O) groups is 1. The van der Waals surface area contributed by atoms with Crippen LogP contribution in [0.2, 0.25) is 0 Å². The van der Waals surface area contributed by atoms with Crippen LogP contribution in [0.4, 0.5) is 22.0 Å². The van der Waals surface area contributed by atoms with E-state index in [4.69, 9.17) is 0 Å². The van der Waals surface area contributed by atoms with Gasteiger partial charge in [-0.15, -0.1) is 0 Å². The Hall–Kier alpha value is -1.40. The Morgan fingerprint density at radius 1 is 1.50 bits per heavy atom. The first kappa shape index (κ1) is 12.7. The quantitative estimate of drug-likeness (QED) is 0.702. The van der Waals surface area contributed by atoms with Crippen molar-refractivity contribution in [3.8, 4) is 0 Å². The van der Waals surface area contributed by atoms with Gasteiger partial charge in [-0.2, -0.15) is 13.2 Å². The molecule has 0 aliphatic heterocycles. The van der Waals surface area contributed by atoms with Crippen LogP contribution in [-0.4, -0.2) is 17.8 Å². The molecule has 1 atom stereocenters. The van der Waals surface area contributed by atoms with E-state index >= 15 is 0 Å². The molecule has 1 aliphatic carbocycles. The fourth-order valence-electron chi connectivity index (χ4n) is 1.26. The maximum atomic E-state index is 13.4. The highest BCUT2D eigenvalue weighted by molar-refractivity contribution is 5.75. The molecule has 1 unspecified atom stereocenters. The highest BCUT2D eigenvalue weighted by Gasteiger charge is 2.56. The van der Waals surface area contributed by atoms with Crippen LogP contribution in [0.15, 0.2) is 23.7 Å². The molecule has 0 saturated carbocycles. The third-order valence-corrected chi connectivity index (χ3v) is 1.91. The van der Waals surface area contributed by atoms with Crippen LogP contribution in [0.5, 0.6) is 0 Å². The molecule has 7 heteroatoms. The minimum atomic E-state index is -5.22. The Morgan fingerprint density at radius 2 is 2.06 bits per heavy atom. The fraction of sp³-hybridized carbons (Fsp3) is 0.444. The lowest BCUT2D eigenvalue weighted by Crippen LogP contribution is -2.41. The SMILES string of the molecule is CC(=O)NC1=CC(F)(C(F)(F)F)CC(F)=C1. The van der Waals surface area contributed by atoms with Gasteiger partial charge in [-0.1, -0.05) is 0 Å². The van der Waals surface area contributed by atoms with E-state index in [1.165, 1.54) is 0 Å². The van der Waals surface area contributed by atoms with Crippen molar-refractivity contribution in [2.75, 3.05) is 0 Å². The Balaban J connectivity index is 3.05. The highest BCUT2D eigenvalue weighted by atomic mass is 19.4. The molecule has 0 saturated heterocycles. The number of nitrogens with one attached hydrogen (secondary N) is 1. The molecule has 0 fully saturated rings. The summed E-state index contributed by atoms with van der Waals surface area (Å²) in [6.45, 7) is 1.02. The van der Waals surface area contributed by atoms with Crippen molar-refractivity contribution < 1.29 is 26.7 Å². The fourth-order valence-corrected chi connectivity index (χ4v) is 1.26. The van der Waals surface area contributed by atoms with Crippen molar-refractivity contribution in [2.45, 2.75) is 25.2 Å². The zero-order valence-corrected chi connectivity index (χ0v) is 8.16. The zero-order valence-electron chi connectivity index (χ0n) is 8.16. The number of allylic oxidation sites excluding steroid dienone is 3. The number of carbonyl (C=O) groups excluding carboxylic acids is 1. The average Bonchev–Trinajstić information content (AvgIpc) is 1.97. The molecule has 1 amide bonds. The normalized spacial score (nSPS) is 25.9. The molecule has 1 rings (SSSR count). The van der Waals surface area contributed by atoms with E-state index in [2.05, 4.69) is 0 Å². The Kier molecular flexibility index (Phi) is 3.07. The lowest BCUT2D eigenvalue weighted by atomic mass is 9.94. The third kappa shape index (κ3) is 2.59. The number of halogens is 5. The van der Waals surface area contributed by atoms with Crippen LogP contribution in [-0.2, 0) is 4.79 Å². The van der Waals surface area contributed by atoms with Crippen LogP contribution in [0, 0.1) is 0 Å². The van der Waals surface area contributed by atoms with Crippen molar-refractivity contribution in [1.29, 1.82) is 0 Å². The van der Waals surface area contributed by atoms with Crippen molar-refractivity contribution in [3.63, 3.8) is 0 Å². The Morgan fingerprint density at radius 3 is 2.50 bits per heavy atom. The summed E-state index contributed by atoms with van der Waals surface area (Å²) < 4.78 is 63.1. The number of alkyl halides is 4. The predicted octanol–water partition coefficient (Wildman–Crippen LogP) is 2.53. The second-order valence-electron chi connectivity index (χ2n) is 3.41. The van der Waals surface area contributed by atoms with Gasteiger partial charge in [-0.3, -0.25) is 4.79 Å². The molecule has 0 radical (unpaired) electrons. The maximum Gasteiger partial charge on any atom is 0.426 e. The van der Waals surface area contributed by atoms with E-state index < -0.39 is 35.7 Å². The van der Waals surface area contributed by atoms with Gasteiger partial charge in [0.2, 0.25) is 11.6 Å². The van der Waals surface area contributed by atoms with E-state index in [1.54, 1.807) is 0 Å². The van der Waals surface area contributed by atoms with Gasteiger partial charge in [0.15, 0.2) is 0 Å². The van der Waals surface area contributed by atoms with Crippen LogP contribution in [0.25, 0.3) is 0 Å². The highest BCUT2D eigenvalue weighted by Crippen LogP contribution is 2.42. The number of rotatable bonds is 1. The van der Waals surface area contributed by atoms with Crippen molar-refractivity contribution in [1.82, 2.24) is 5.32 Å². The zero-order chi connectivity index (χ0) is 12.6. The van der Waals surface area contributed by atoms with Crippen molar-refractivity contribution >= 4 is 5.91 Å². The van der Waals surface area contributed by atoms with Gasteiger partial charge >= 0.3 is 6.18 Å². The monoisotopic (exact) mass is 241 g/mol. The molecule has 0 bridgehead atoms. The van der Waals surface area contributed by atoms with Gasteiger partial charge < -0.3 is 5.32 Å². The second kappa shape index (κ2) is 3.88. The van der Waals surface area contributed by atoms with Crippen molar-refractivity contribution in [2.24, 2.45) is 0 Å². The largest absolute Gasteiger partial charge is 0.426 e. The summed E-state index contributed by atoms with van der Waals surface area (Å²) in [4.78, 5) is 10.6. The van der Waals surface area contributed by atoms with E-state index in [1.807, 2.05) is 5.32 Å². The topological polar surface area (TPSA) is 29.1 Å². The number of hydrogen-bond acceptors (Lipinski definition) is 1. The second-order valence-corrected chi connectivity index (χ2v) is 3.41. The molecular formula is C9H8F5NO. The van der Waals surface area contributed by atoms with Gasteiger partial charge in [0, 0.05) is 19.0 Å². The molecule has 90 valence electrons. The first-order chi connectivity index (χ1) is 7.14. The molecule has 0 aromatic heterocycles. The van der Waals surface area contributed by atoms with Crippen LogP contribution < -0.4 is 5.32 Å². The van der Waals surface area contributed by atoms with Gasteiger partial charge in [0.25, 0.3) is 0 Å². The van der Waals surface area contributed by atoms with Gasteiger partial charge in [0.05, 0.1) is 0 Å². The van der Waals surface area contributed by atoms with E-state index in [9.17, 15) is 26.7 Å². The summed E-state index contributed by atoms with van der Waals surface area (Å²) >= 11 is 0.